The first-order valence-corrected chi connectivity index (χ1v) is 11.1. The summed E-state index contributed by atoms with van der Waals surface area (Å²) in [7, 11) is 0. The van der Waals surface area contributed by atoms with Crippen LogP contribution in [0.25, 0.3) is 0 Å². The Labute approximate surface area is 172 Å². The van der Waals surface area contributed by atoms with Crippen molar-refractivity contribution in [1.82, 2.24) is 10.2 Å². The minimum absolute atomic E-state index is 0.0473. The predicted molar refractivity (Wildman–Crippen MR) is 115 cm³/mol. The minimum Gasteiger partial charge on any atom is -0.352 e. The van der Waals surface area contributed by atoms with E-state index in [1.807, 2.05) is 19.1 Å². The Hall–Kier alpha value is -1.98. The van der Waals surface area contributed by atoms with E-state index < -0.39 is 0 Å². The molecule has 1 N–H and O–H groups in total. The number of rotatable bonds is 8. The molecule has 150 valence electrons. The zero-order chi connectivity index (χ0) is 19.8. The molecular weight excluding hydrogens is 368 g/mol. The zero-order valence-electron chi connectivity index (χ0n) is 16.7. The summed E-state index contributed by atoms with van der Waals surface area (Å²) in [6.07, 6.45) is 5.82. The number of amides is 1. The van der Waals surface area contributed by atoms with Crippen molar-refractivity contribution >= 4 is 23.0 Å². The van der Waals surface area contributed by atoms with Gasteiger partial charge in [-0.15, -0.1) is 11.3 Å². The number of ketones is 1. The van der Waals surface area contributed by atoms with Crippen LogP contribution in [0.3, 0.4) is 0 Å². The van der Waals surface area contributed by atoms with Crippen LogP contribution in [0.1, 0.15) is 64.2 Å². The second-order valence-electron chi connectivity index (χ2n) is 7.62. The molecule has 28 heavy (non-hydrogen) atoms. The van der Waals surface area contributed by atoms with Gasteiger partial charge in [0.05, 0.1) is 4.88 Å². The van der Waals surface area contributed by atoms with Crippen molar-refractivity contribution in [3.8, 4) is 0 Å². The van der Waals surface area contributed by atoms with Crippen LogP contribution in [0.15, 0.2) is 36.4 Å². The third-order valence-electron chi connectivity index (χ3n) is 5.21. The maximum atomic E-state index is 12.1. The van der Waals surface area contributed by atoms with Gasteiger partial charge in [-0.25, -0.2) is 0 Å². The molecule has 1 aromatic carbocycles. The predicted octanol–water partition coefficient (Wildman–Crippen LogP) is 4.71. The highest BCUT2D eigenvalue weighted by Crippen LogP contribution is 2.17. The lowest BCUT2D eigenvalue weighted by molar-refractivity contribution is -0.121. The number of hydrogen-bond donors (Lipinski definition) is 1. The SMILES string of the molecule is Cc1ccc(C(=O)CCC(=O)NCc2ccc(CN3CCCCCC3)cc2)s1. The number of benzene rings is 1. The fourth-order valence-electron chi connectivity index (χ4n) is 3.54. The molecule has 5 heteroatoms. The maximum Gasteiger partial charge on any atom is 0.220 e. The van der Waals surface area contributed by atoms with Crippen LogP contribution in [-0.2, 0) is 17.9 Å². The van der Waals surface area contributed by atoms with Crippen molar-refractivity contribution < 1.29 is 9.59 Å². The van der Waals surface area contributed by atoms with Gasteiger partial charge in [-0.3, -0.25) is 14.5 Å². The Balaban J connectivity index is 1.39. The first kappa shape index (κ1) is 20.7. The van der Waals surface area contributed by atoms with Gasteiger partial charge in [0.1, 0.15) is 0 Å². The number of hydrogen-bond acceptors (Lipinski definition) is 4. The molecule has 1 saturated heterocycles. The summed E-state index contributed by atoms with van der Waals surface area (Å²) < 4.78 is 0. The molecular formula is C23H30N2O2S. The molecule has 1 aromatic heterocycles. The number of aryl methyl sites for hydroxylation is 1. The fraction of sp³-hybridized carbons (Fsp3) is 0.478. The van der Waals surface area contributed by atoms with E-state index in [9.17, 15) is 9.59 Å². The Bertz CT molecular complexity index is 774. The molecule has 2 aromatic rings. The number of likely N-dealkylation sites (tertiary alicyclic amines) is 1. The van der Waals surface area contributed by atoms with Crippen LogP contribution in [0.5, 0.6) is 0 Å². The summed E-state index contributed by atoms with van der Waals surface area (Å²) >= 11 is 1.49. The van der Waals surface area contributed by atoms with Crippen molar-refractivity contribution in [2.24, 2.45) is 0 Å². The smallest absolute Gasteiger partial charge is 0.220 e. The van der Waals surface area contributed by atoms with Gasteiger partial charge in [0.2, 0.25) is 5.91 Å². The van der Waals surface area contributed by atoms with E-state index in [1.54, 1.807) is 0 Å². The minimum atomic E-state index is -0.0738. The second-order valence-corrected chi connectivity index (χ2v) is 8.90. The fourth-order valence-corrected chi connectivity index (χ4v) is 4.37. The Morgan fingerprint density at radius 3 is 2.25 bits per heavy atom. The Kier molecular flexibility index (Phi) is 7.80. The van der Waals surface area contributed by atoms with Gasteiger partial charge >= 0.3 is 0 Å². The Morgan fingerprint density at radius 1 is 0.929 bits per heavy atom. The van der Waals surface area contributed by atoms with Crippen molar-refractivity contribution in [2.75, 3.05) is 13.1 Å². The third-order valence-corrected chi connectivity index (χ3v) is 6.25. The topological polar surface area (TPSA) is 49.4 Å². The molecule has 0 aliphatic carbocycles. The summed E-state index contributed by atoms with van der Waals surface area (Å²) in [5.74, 6) is -0.0265. The average molecular weight is 399 g/mol. The molecule has 1 aliphatic rings. The normalized spacial score (nSPS) is 15.2. The average Bonchev–Trinajstić information content (AvgIpc) is 2.97. The van der Waals surface area contributed by atoms with E-state index >= 15 is 0 Å². The van der Waals surface area contributed by atoms with Crippen LogP contribution in [-0.4, -0.2) is 29.7 Å². The lowest BCUT2D eigenvalue weighted by atomic mass is 10.1. The lowest BCUT2D eigenvalue weighted by Gasteiger charge is -2.19. The summed E-state index contributed by atoms with van der Waals surface area (Å²) in [6.45, 7) is 5.89. The highest BCUT2D eigenvalue weighted by atomic mass is 32.1. The van der Waals surface area contributed by atoms with Crippen LogP contribution < -0.4 is 5.32 Å². The monoisotopic (exact) mass is 398 g/mol. The van der Waals surface area contributed by atoms with Crippen molar-refractivity contribution in [3.63, 3.8) is 0 Å². The van der Waals surface area contributed by atoms with Crippen LogP contribution >= 0.6 is 11.3 Å². The highest BCUT2D eigenvalue weighted by Gasteiger charge is 2.12. The summed E-state index contributed by atoms with van der Waals surface area (Å²) in [6, 6.07) is 12.3. The standard InChI is InChI=1S/C23H30N2O2S/c1-18-6-12-22(28-18)21(26)11-13-23(27)24-16-19-7-9-20(10-8-19)17-25-14-4-2-3-5-15-25/h6-10,12H,2-5,11,13-17H2,1H3,(H,24,27). The van der Waals surface area contributed by atoms with Gasteiger partial charge in [-0.1, -0.05) is 37.1 Å². The van der Waals surface area contributed by atoms with E-state index in [0.29, 0.717) is 6.54 Å². The number of Topliss-reactive ketones (excluding diaryl/α,β-unsaturated/α-hetero) is 1. The van der Waals surface area contributed by atoms with Crippen molar-refractivity contribution in [1.29, 1.82) is 0 Å². The van der Waals surface area contributed by atoms with Gasteiger partial charge < -0.3 is 5.32 Å². The highest BCUT2D eigenvalue weighted by molar-refractivity contribution is 7.14. The molecule has 1 aliphatic heterocycles. The van der Waals surface area contributed by atoms with Gasteiger partial charge in [0.25, 0.3) is 0 Å². The molecule has 0 radical (unpaired) electrons. The van der Waals surface area contributed by atoms with Gasteiger partial charge in [-0.05, 0) is 56.1 Å². The van der Waals surface area contributed by atoms with Gasteiger partial charge in [-0.2, -0.15) is 0 Å². The van der Waals surface area contributed by atoms with Crippen LogP contribution in [0.2, 0.25) is 0 Å². The summed E-state index contributed by atoms with van der Waals surface area (Å²) in [5.41, 5.74) is 2.42. The number of carbonyl (C=O) groups is 2. The molecule has 0 bridgehead atoms. The molecule has 0 atom stereocenters. The number of carbonyl (C=O) groups excluding carboxylic acids is 2. The van der Waals surface area contributed by atoms with E-state index in [0.717, 1.165) is 21.9 Å². The van der Waals surface area contributed by atoms with E-state index in [-0.39, 0.29) is 24.5 Å². The summed E-state index contributed by atoms with van der Waals surface area (Å²) in [5, 5.41) is 2.92. The molecule has 0 spiro atoms. The van der Waals surface area contributed by atoms with E-state index in [2.05, 4.69) is 34.5 Å². The first-order chi connectivity index (χ1) is 13.6. The molecule has 2 heterocycles. The Morgan fingerprint density at radius 2 is 1.61 bits per heavy atom. The lowest BCUT2D eigenvalue weighted by Crippen LogP contribution is -2.24. The van der Waals surface area contributed by atoms with Gasteiger partial charge in [0.15, 0.2) is 5.78 Å². The zero-order valence-corrected chi connectivity index (χ0v) is 17.5. The maximum absolute atomic E-state index is 12.1. The molecule has 0 saturated carbocycles. The largest absolute Gasteiger partial charge is 0.352 e. The second kappa shape index (κ2) is 10.5. The number of nitrogens with zero attached hydrogens (tertiary/aromatic N) is 1. The first-order valence-electron chi connectivity index (χ1n) is 10.3. The molecule has 4 nitrogen and oxygen atoms in total. The number of thiophene rings is 1. The molecule has 3 rings (SSSR count). The van der Waals surface area contributed by atoms with Crippen LogP contribution in [0.4, 0.5) is 0 Å². The van der Waals surface area contributed by atoms with E-state index in [1.165, 1.54) is 55.7 Å². The molecule has 1 fully saturated rings. The van der Waals surface area contributed by atoms with Gasteiger partial charge in [0, 0.05) is 30.8 Å². The third kappa shape index (κ3) is 6.57. The number of nitrogens with one attached hydrogen (secondary N) is 1. The van der Waals surface area contributed by atoms with Crippen LogP contribution in [0, 0.1) is 6.92 Å². The van der Waals surface area contributed by atoms with E-state index in [4.69, 9.17) is 0 Å². The quantitative estimate of drug-likeness (QED) is 0.655. The molecule has 1 amide bonds. The molecule has 0 unspecified atom stereocenters. The van der Waals surface area contributed by atoms with Crippen molar-refractivity contribution in [3.05, 3.63) is 57.3 Å². The van der Waals surface area contributed by atoms with Crippen molar-refractivity contribution in [2.45, 2.75) is 58.5 Å². The summed E-state index contributed by atoms with van der Waals surface area (Å²) in [4.78, 5) is 28.5.